The molecule has 36 heavy (non-hydrogen) atoms. The Labute approximate surface area is 223 Å². The second kappa shape index (κ2) is 12.9. The van der Waals surface area contributed by atoms with Gasteiger partial charge in [0.05, 0.1) is 0 Å². The number of hydrogen-bond acceptors (Lipinski definition) is 2. The van der Waals surface area contributed by atoms with Crippen LogP contribution in [-0.2, 0) is 16.1 Å². The minimum atomic E-state index is -0.564. The highest BCUT2D eigenvalue weighted by atomic mass is 79.9. The molecule has 5 heteroatoms. The molecule has 1 fully saturated rings. The fourth-order valence-electron chi connectivity index (χ4n) is 5.07. The first kappa shape index (κ1) is 26.2. The number of amides is 2. The number of carbonyl (C=O) groups is 2. The van der Waals surface area contributed by atoms with Crippen molar-refractivity contribution < 1.29 is 9.59 Å². The Balaban J connectivity index is 1.59. The van der Waals surface area contributed by atoms with Crippen LogP contribution in [0.1, 0.15) is 68.1 Å². The topological polar surface area (TPSA) is 49.4 Å². The summed E-state index contributed by atoms with van der Waals surface area (Å²) in [5, 5.41) is 3.23. The normalized spacial score (nSPS) is 14.9. The lowest BCUT2D eigenvalue weighted by atomic mass is 9.88. The van der Waals surface area contributed by atoms with E-state index in [1.54, 1.807) is 4.90 Å². The summed E-state index contributed by atoms with van der Waals surface area (Å²) in [6, 6.07) is 27.9. The average molecular weight is 548 g/mol. The fourth-order valence-corrected chi connectivity index (χ4v) is 5.52. The molecule has 0 spiro atoms. The lowest BCUT2D eigenvalue weighted by Crippen LogP contribution is -2.50. The van der Waals surface area contributed by atoms with E-state index in [2.05, 4.69) is 45.5 Å². The van der Waals surface area contributed by atoms with E-state index in [0.717, 1.165) is 46.8 Å². The molecule has 4 rings (SSSR count). The number of nitrogens with one attached hydrogen (secondary N) is 1. The lowest BCUT2D eigenvalue weighted by Gasteiger charge is -2.32. The molecule has 3 aromatic rings. The van der Waals surface area contributed by atoms with E-state index in [0.29, 0.717) is 13.0 Å². The van der Waals surface area contributed by atoms with Gasteiger partial charge in [-0.15, -0.1) is 0 Å². The maximum absolute atomic E-state index is 14.0. The predicted molar refractivity (Wildman–Crippen MR) is 149 cm³/mol. The summed E-state index contributed by atoms with van der Waals surface area (Å²) in [6.07, 6.45) is 5.86. The van der Waals surface area contributed by atoms with Gasteiger partial charge < -0.3 is 10.2 Å². The number of rotatable bonds is 9. The third kappa shape index (κ3) is 7.07. The molecule has 2 amide bonds. The van der Waals surface area contributed by atoms with E-state index >= 15 is 0 Å². The molecule has 0 aromatic heterocycles. The first-order valence-corrected chi connectivity index (χ1v) is 13.7. The van der Waals surface area contributed by atoms with Crippen LogP contribution in [0, 0.1) is 0 Å². The van der Waals surface area contributed by atoms with Crippen LogP contribution in [0.3, 0.4) is 0 Å². The molecule has 1 aliphatic carbocycles. The Hall–Kier alpha value is -2.92. The number of hydrogen-bond donors (Lipinski definition) is 1. The highest BCUT2D eigenvalue weighted by Crippen LogP contribution is 2.29. The standard InChI is InChI=1S/C31H35BrN2O2/c1-23(31(36)33-28-18-9-4-10-19-28)34(22-24-12-11-17-27(32)20-24)30(35)21-29(25-13-5-2-6-14-25)26-15-7-3-8-16-26/h2-3,5-8,11-17,20,23,28-29H,4,9-10,18-19,21-22H2,1H3,(H,33,36)/t23-/m0/s1. The first-order valence-electron chi connectivity index (χ1n) is 13.0. The Morgan fingerprint density at radius 1 is 0.889 bits per heavy atom. The Kier molecular flexibility index (Phi) is 9.35. The summed E-state index contributed by atoms with van der Waals surface area (Å²) < 4.78 is 0.957. The molecule has 1 saturated carbocycles. The van der Waals surface area contributed by atoms with E-state index in [-0.39, 0.29) is 23.8 Å². The Bertz CT molecular complexity index is 1090. The van der Waals surface area contributed by atoms with Gasteiger partial charge in [-0.25, -0.2) is 0 Å². The van der Waals surface area contributed by atoms with Crippen molar-refractivity contribution in [3.05, 3.63) is 106 Å². The molecule has 0 radical (unpaired) electrons. The van der Waals surface area contributed by atoms with Crippen molar-refractivity contribution in [2.45, 2.75) is 70.0 Å². The largest absolute Gasteiger partial charge is 0.352 e. The van der Waals surface area contributed by atoms with E-state index in [9.17, 15) is 9.59 Å². The third-order valence-corrected chi connectivity index (χ3v) is 7.64. The van der Waals surface area contributed by atoms with Gasteiger partial charge >= 0.3 is 0 Å². The van der Waals surface area contributed by atoms with Crippen molar-refractivity contribution in [2.24, 2.45) is 0 Å². The predicted octanol–water partition coefficient (Wildman–Crippen LogP) is 6.84. The fraction of sp³-hybridized carbons (Fsp3) is 0.355. The second-order valence-electron chi connectivity index (χ2n) is 9.75. The van der Waals surface area contributed by atoms with Crippen LogP contribution in [0.2, 0.25) is 0 Å². The lowest BCUT2D eigenvalue weighted by molar-refractivity contribution is -0.141. The van der Waals surface area contributed by atoms with Crippen LogP contribution in [0.5, 0.6) is 0 Å². The van der Waals surface area contributed by atoms with Crippen molar-refractivity contribution in [1.82, 2.24) is 10.2 Å². The maximum atomic E-state index is 14.0. The van der Waals surface area contributed by atoms with Gasteiger partial charge in [0.2, 0.25) is 11.8 Å². The van der Waals surface area contributed by atoms with Crippen molar-refractivity contribution in [3.8, 4) is 0 Å². The molecule has 0 aliphatic heterocycles. The van der Waals surface area contributed by atoms with Crippen LogP contribution in [0.25, 0.3) is 0 Å². The molecule has 188 valence electrons. The van der Waals surface area contributed by atoms with E-state index in [1.165, 1.54) is 6.42 Å². The van der Waals surface area contributed by atoms with Crippen molar-refractivity contribution in [3.63, 3.8) is 0 Å². The number of benzene rings is 3. The maximum Gasteiger partial charge on any atom is 0.242 e. The summed E-state index contributed by atoms with van der Waals surface area (Å²) in [4.78, 5) is 29.0. The molecule has 0 bridgehead atoms. The molecule has 0 saturated heterocycles. The van der Waals surface area contributed by atoms with E-state index < -0.39 is 6.04 Å². The van der Waals surface area contributed by atoms with Gasteiger partial charge in [0.15, 0.2) is 0 Å². The van der Waals surface area contributed by atoms with Crippen molar-refractivity contribution in [2.75, 3.05) is 0 Å². The summed E-state index contributed by atoms with van der Waals surface area (Å²) in [5.74, 6) is -0.182. The quantitative estimate of drug-likeness (QED) is 0.319. The number of carbonyl (C=O) groups excluding carboxylic acids is 2. The van der Waals surface area contributed by atoms with Crippen LogP contribution >= 0.6 is 15.9 Å². The molecule has 1 atom stereocenters. The van der Waals surface area contributed by atoms with Crippen molar-refractivity contribution >= 4 is 27.7 Å². The average Bonchev–Trinajstić information content (AvgIpc) is 2.91. The molecule has 1 aliphatic rings. The Morgan fingerprint density at radius 2 is 1.50 bits per heavy atom. The Morgan fingerprint density at radius 3 is 2.08 bits per heavy atom. The van der Waals surface area contributed by atoms with Gasteiger partial charge in [-0.3, -0.25) is 9.59 Å². The third-order valence-electron chi connectivity index (χ3n) is 7.14. The summed E-state index contributed by atoms with van der Waals surface area (Å²) in [5.41, 5.74) is 3.18. The van der Waals surface area contributed by atoms with Crippen LogP contribution < -0.4 is 5.32 Å². The molecule has 4 nitrogen and oxygen atoms in total. The molecule has 3 aromatic carbocycles. The SMILES string of the molecule is C[C@@H](C(=O)NC1CCCCC1)N(Cc1cccc(Br)c1)C(=O)CC(c1ccccc1)c1ccccc1. The second-order valence-corrected chi connectivity index (χ2v) is 10.7. The van der Waals surface area contributed by atoms with Gasteiger partial charge in [0, 0.05) is 29.4 Å². The summed E-state index contributed by atoms with van der Waals surface area (Å²) in [7, 11) is 0. The van der Waals surface area contributed by atoms with Crippen LogP contribution in [-0.4, -0.2) is 28.8 Å². The zero-order chi connectivity index (χ0) is 25.3. The van der Waals surface area contributed by atoms with Gasteiger partial charge in [0.1, 0.15) is 6.04 Å². The molecular weight excluding hydrogens is 512 g/mol. The van der Waals surface area contributed by atoms with Gasteiger partial charge in [-0.2, -0.15) is 0 Å². The van der Waals surface area contributed by atoms with Crippen LogP contribution in [0.4, 0.5) is 0 Å². The molecule has 0 unspecified atom stereocenters. The minimum absolute atomic E-state index is 0.0287. The molecule has 0 heterocycles. The molecular formula is C31H35BrN2O2. The van der Waals surface area contributed by atoms with Crippen molar-refractivity contribution in [1.29, 1.82) is 0 Å². The number of nitrogens with zero attached hydrogens (tertiary/aromatic N) is 1. The highest BCUT2D eigenvalue weighted by Gasteiger charge is 2.30. The smallest absolute Gasteiger partial charge is 0.242 e. The van der Waals surface area contributed by atoms with Gasteiger partial charge in [-0.05, 0) is 48.6 Å². The number of halogens is 1. The summed E-state index contributed by atoms with van der Waals surface area (Å²) >= 11 is 3.54. The van der Waals surface area contributed by atoms with Gasteiger partial charge in [0.25, 0.3) is 0 Å². The van der Waals surface area contributed by atoms with Gasteiger partial charge in [-0.1, -0.05) is 108 Å². The summed E-state index contributed by atoms with van der Waals surface area (Å²) in [6.45, 7) is 2.24. The van der Waals surface area contributed by atoms with E-state index in [4.69, 9.17) is 0 Å². The van der Waals surface area contributed by atoms with Crippen LogP contribution in [0.15, 0.2) is 89.4 Å². The zero-order valence-electron chi connectivity index (χ0n) is 20.9. The monoisotopic (exact) mass is 546 g/mol. The zero-order valence-corrected chi connectivity index (χ0v) is 22.5. The van der Waals surface area contributed by atoms with E-state index in [1.807, 2.05) is 67.6 Å². The highest BCUT2D eigenvalue weighted by molar-refractivity contribution is 9.10. The minimum Gasteiger partial charge on any atom is -0.352 e. The molecule has 1 N–H and O–H groups in total. The first-order chi connectivity index (χ1) is 17.5.